The van der Waals surface area contributed by atoms with Gasteiger partial charge in [-0.15, -0.1) is 0 Å². The summed E-state index contributed by atoms with van der Waals surface area (Å²) in [4.78, 5) is 11.9. The molecular formula is C12H17N3O. The van der Waals surface area contributed by atoms with Crippen molar-refractivity contribution in [3.05, 3.63) is 23.8 Å². The maximum absolute atomic E-state index is 11.9. The first-order valence-corrected chi connectivity index (χ1v) is 5.62. The van der Waals surface area contributed by atoms with Gasteiger partial charge in [-0.05, 0) is 31.0 Å². The second-order valence-corrected chi connectivity index (χ2v) is 4.30. The molecule has 0 aliphatic heterocycles. The summed E-state index contributed by atoms with van der Waals surface area (Å²) in [5.74, 6) is -0.0931. The predicted molar refractivity (Wildman–Crippen MR) is 65.0 cm³/mol. The molecule has 1 aliphatic carbocycles. The minimum atomic E-state index is -0.0931. The van der Waals surface area contributed by atoms with Gasteiger partial charge in [0.25, 0.3) is 5.91 Å². The lowest BCUT2D eigenvalue weighted by atomic mass is 10.1. The Bertz CT molecular complexity index is 397. The number of amides is 1. The molecule has 4 nitrogen and oxygen atoms in total. The van der Waals surface area contributed by atoms with Gasteiger partial charge in [0.1, 0.15) is 0 Å². The highest BCUT2D eigenvalue weighted by atomic mass is 16.1. The summed E-state index contributed by atoms with van der Waals surface area (Å²) in [5.41, 5.74) is 12.9. The van der Waals surface area contributed by atoms with Crippen molar-refractivity contribution in [1.82, 2.24) is 5.32 Å². The molecule has 2 rings (SSSR count). The molecule has 0 unspecified atom stereocenters. The average molecular weight is 219 g/mol. The van der Waals surface area contributed by atoms with Gasteiger partial charge in [0.15, 0.2) is 0 Å². The molecule has 0 saturated heterocycles. The van der Waals surface area contributed by atoms with Crippen LogP contribution in [0.1, 0.15) is 36.0 Å². The van der Waals surface area contributed by atoms with Crippen LogP contribution in [0.25, 0.3) is 0 Å². The molecule has 5 N–H and O–H groups in total. The zero-order valence-electron chi connectivity index (χ0n) is 9.20. The van der Waals surface area contributed by atoms with Gasteiger partial charge in [-0.3, -0.25) is 4.79 Å². The van der Waals surface area contributed by atoms with Crippen molar-refractivity contribution in [2.75, 3.05) is 11.5 Å². The number of nitrogen functional groups attached to an aromatic ring is 2. The van der Waals surface area contributed by atoms with E-state index in [4.69, 9.17) is 11.5 Å². The number of hydrogen-bond donors (Lipinski definition) is 3. The summed E-state index contributed by atoms with van der Waals surface area (Å²) in [7, 11) is 0. The van der Waals surface area contributed by atoms with Crippen LogP contribution < -0.4 is 16.8 Å². The molecule has 86 valence electrons. The second-order valence-electron chi connectivity index (χ2n) is 4.30. The SMILES string of the molecule is Nc1ccc(C(=O)NC2CCCC2)c(N)c1. The standard InChI is InChI=1S/C12H17N3O/c13-8-5-6-10(11(14)7-8)12(16)15-9-3-1-2-4-9/h5-7,9H,1-4,13-14H2,(H,15,16). The highest BCUT2D eigenvalue weighted by Gasteiger charge is 2.18. The smallest absolute Gasteiger partial charge is 0.253 e. The highest BCUT2D eigenvalue weighted by Crippen LogP contribution is 2.20. The summed E-state index contributed by atoms with van der Waals surface area (Å²) >= 11 is 0. The number of nitrogens with one attached hydrogen (secondary N) is 1. The lowest BCUT2D eigenvalue weighted by molar-refractivity contribution is 0.0939. The Hall–Kier alpha value is -1.71. The molecule has 1 amide bonds. The number of nitrogens with two attached hydrogens (primary N) is 2. The van der Waals surface area contributed by atoms with E-state index in [1.165, 1.54) is 12.8 Å². The van der Waals surface area contributed by atoms with Crippen LogP contribution in [0.4, 0.5) is 11.4 Å². The molecule has 0 heterocycles. The van der Waals surface area contributed by atoms with Crippen molar-refractivity contribution < 1.29 is 4.79 Å². The molecule has 0 radical (unpaired) electrons. The maximum Gasteiger partial charge on any atom is 0.253 e. The first kappa shape index (κ1) is 10.8. The third-order valence-corrected chi connectivity index (χ3v) is 3.01. The predicted octanol–water partition coefficient (Wildman–Crippen LogP) is 1.52. The number of anilines is 2. The van der Waals surface area contributed by atoms with E-state index in [1.54, 1.807) is 18.2 Å². The van der Waals surface area contributed by atoms with Gasteiger partial charge in [0.2, 0.25) is 0 Å². The van der Waals surface area contributed by atoms with Crippen LogP contribution in [-0.2, 0) is 0 Å². The maximum atomic E-state index is 11.9. The van der Waals surface area contributed by atoms with Crippen molar-refractivity contribution >= 4 is 17.3 Å². The first-order chi connectivity index (χ1) is 7.66. The van der Waals surface area contributed by atoms with Gasteiger partial charge in [-0.2, -0.15) is 0 Å². The Balaban J connectivity index is 2.08. The number of hydrogen-bond acceptors (Lipinski definition) is 3. The van der Waals surface area contributed by atoms with Crippen LogP contribution in [0.5, 0.6) is 0 Å². The van der Waals surface area contributed by atoms with Crippen molar-refractivity contribution in [1.29, 1.82) is 0 Å². The Morgan fingerprint density at radius 3 is 2.56 bits per heavy atom. The van der Waals surface area contributed by atoms with E-state index in [-0.39, 0.29) is 5.91 Å². The number of rotatable bonds is 2. The quantitative estimate of drug-likeness (QED) is 0.660. The zero-order valence-corrected chi connectivity index (χ0v) is 9.20. The van der Waals surface area contributed by atoms with Crippen LogP contribution in [0, 0.1) is 0 Å². The molecule has 1 fully saturated rings. The van der Waals surface area contributed by atoms with E-state index in [0.717, 1.165) is 12.8 Å². The van der Waals surface area contributed by atoms with E-state index in [9.17, 15) is 4.79 Å². The van der Waals surface area contributed by atoms with Crippen molar-refractivity contribution in [2.45, 2.75) is 31.7 Å². The summed E-state index contributed by atoms with van der Waals surface area (Å²) in [6.45, 7) is 0. The highest BCUT2D eigenvalue weighted by molar-refractivity contribution is 5.99. The van der Waals surface area contributed by atoms with E-state index >= 15 is 0 Å². The second kappa shape index (κ2) is 4.43. The largest absolute Gasteiger partial charge is 0.399 e. The molecule has 0 aromatic heterocycles. The lowest BCUT2D eigenvalue weighted by Crippen LogP contribution is -2.33. The molecule has 0 atom stereocenters. The van der Waals surface area contributed by atoms with Gasteiger partial charge in [-0.25, -0.2) is 0 Å². The van der Waals surface area contributed by atoms with Crippen LogP contribution in [0.3, 0.4) is 0 Å². The lowest BCUT2D eigenvalue weighted by Gasteiger charge is -2.13. The Kier molecular flexibility index (Phi) is 2.99. The van der Waals surface area contributed by atoms with Crippen LogP contribution in [0.15, 0.2) is 18.2 Å². The van der Waals surface area contributed by atoms with E-state index in [2.05, 4.69) is 5.32 Å². The summed E-state index contributed by atoms with van der Waals surface area (Å²) < 4.78 is 0. The molecule has 1 aromatic carbocycles. The van der Waals surface area contributed by atoms with E-state index < -0.39 is 0 Å². The van der Waals surface area contributed by atoms with Crippen molar-refractivity contribution in [3.8, 4) is 0 Å². The van der Waals surface area contributed by atoms with Gasteiger partial charge in [-0.1, -0.05) is 12.8 Å². The Morgan fingerprint density at radius 1 is 1.25 bits per heavy atom. The fourth-order valence-electron chi connectivity index (χ4n) is 2.12. The minimum Gasteiger partial charge on any atom is -0.399 e. The summed E-state index contributed by atoms with van der Waals surface area (Å²) in [6.07, 6.45) is 4.53. The number of carbonyl (C=O) groups is 1. The van der Waals surface area contributed by atoms with Gasteiger partial charge < -0.3 is 16.8 Å². The third-order valence-electron chi connectivity index (χ3n) is 3.01. The number of benzene rings is 1. The minimum absolute atomic E-state index is 0.0931. The van der Waals surface area contributed by atoms with Crippen molar-refractivity contribution in [3.63, 3.8) is 0 Å². The van der Waals surface area contributed by atoms with Gasteiger partial charge in [0.05, 0.1) is 5.56 Å². The fraction of sp³-hybridized carbons (Fsp3) is 0.417. The zero-order chi connectivity index (χ0) is 11.5. The monoisotopic (exact) mass is 219 g/mol. The average Bonchev–Trinajstić information content (AvgIpc) is 2.70. The molecule has 1 aliphatic rings. The molecule has 4 heteroatoms. The van der Waals surface area contributed by atoms with E-state index in [0.29, 0.717) is 23.0 Å². The Morgan fingerprint density at radius 2 is 1.94 bits per heavy atom. The first-order valence-electron chi connectivity index (χ1n) is 5.62. The number of carbonyl (C=O) groups excluding carboxylic acids is 1. The van der Waals surface area contributed by atoms with Crippen LogP contribution >= 0.6 is 0 Å². The van der Waals surface area contributed by atoms with E-state index in [1.807, 2.05) is 0 Å². The van der Waals surface area contributed by atoms with Gasteiger partial charge >= 0.3 is 0 Å². The van der Waals surface area contributed by atoms with Crippen LogP contribution in [-0.4, -0.2) is 11.9 Å². The Labute approximate surface area is 95.0 Å². The van der Waals surface area contributed by atoms with Crippen LogP contribution in [0.2, 0.25) is 0 Å². The summed E-state index contributed by atoms with van der Waals surface area (Å²) in [5, 5.41) is 3.00. The molecule has 0 bridgehead atoms. The molecule has 0 spiro atoms. The normalized spacial score (nSPS) is 16.2. The van der Waals surface area contributed by atoms with Crippen molar-refractivity contribution in [2.24, 2.45) is 0 Å². The molecule has 1 aromatic rings. The van der Waals surface area contributed by atoms with Gasteiger partial charge in [0, 0.05) is 17.4 Å². The molecule has 16 heavy (non-hydrogen) atoms. The summed E-state index contributed by atoms with van der Waals surface area (Å²) in [6, 6.07) is 5.29. The molecular weight excluding hydrogens is 202 g/mol. The third kappa shape index (κ3) is 2.27. The topological polar surface area (TPSA) is 81.1 Å². The fourth-order valence-corrected chi connectivity index (χ4v) is 2.12. The molecule has 1 saturated carbocycles.